The predicted molar refractivity (Wildman–Crippen MR) is 62.4 cm³/mol. The third-order valence-corrected chi connectivity index (χ3v) is 2.58. The van der Waals surface area contributed by atoms with Gasteiger partial charge in [-0.2, -0.15) is 10.4 Å². The van der Waals surface area contributed by atoms with Crippen LogP contribution in [0.15, 0.2) is 18.2 Å². The minimum atomic E-state index is -0.545. The van der Waals surface area contributed by atoms with Gasteiger partial charge in [0.05, 0.1) is 5.69 Å². The van der Waals surface area contributed by atoms with Gasteiger partial charge in [-0.05, 0) is 25.1 Å². The van der Waals surface area contributed by atoms with Gasteiger partial charge in [0.25, 0.3) is 0 Å². The molecule has 0 spiro atoms. The van der Waals surface area contributed by atoms with Crippen LogP contribution in [0, 0.1) is 24.1 Å². The van der Waals surface area contributed by atoms with E-state index in [-0.39, 0.29) is 22.1 Å². The molecule has 0 fully saturated rings. The lowest BCUT2D eigenvalue weighted by atomic mass is 10.2. The fraction of sp³-hybridized carbons (Fsp3) is 0.0909. The van der Waals surface area contributed by atoms with Crippen molar-refractivity contribution in [1.29, 1.82) is 5.26 Å². The Hall–Kier alpha value is -2.06. The smallest absolute Gasteiger partial charge is 0.150 e. The highest BCUT2D eigenvalue weighted by atomic mass is 35.5. The summed E-state index contributed by atoms with van der Waals surface area (Å²) in [5.41, 5.74) is 6.60. The number of hydrogen-bond donors (Lipinski definition) is 1. The van der Waals surface area contributed by atoms with Crippen molar-refractivity contribution in [3.8, 4) is 11.8 Å². The molecule has 2 rings (SSSR count). The molecule has 0 unspecified atom stereocenters. The summed E-state index contributed by atoms with van der Waals surface area (Å²) in [6.07, 6.45) is 0. The molecule has 1 aromatic heterocycles. The minimum Gasteiger partial charge on any atom is -0.382 e. The van der Waals surface area contributed by atoms with E-state index < -0.39 is 5.82 Å². The lowest BCUT2D eigenvalue weighted by Crippen LogP contribution is -2.04. The number of nitrogens with zero attached hydrogens (tertiary/aromatic N) is 3. The number of anilines is 1. The summed E-state index contributed by atoms with van der Waals surface area (Å²) in [5.74, 6) is -0.428. The molecule has 0 aliphatic carbocycles. The van der Waals surface area contributed by atoms with Crippen LogP contribution in [0.4, 0.5) is 10.2 Å². The van der Waals surface area contributed by atoms with E-state index in [0.29, 0.717) is 5.69 Å². The van der Waals surface area contributed by atoms with E-state index >= 15 is 0 Å². The number of rotatable bonds is 1. The minimum absolute atomic E-state index is 0.117. The summed E-state index contributed by atoms with van der Waals surface area (Å²) >= 11 is 5.65. The van der Waals surface area contributed by atoms with E-state index in [1.807, 2.05) is 6.07 Å². The van der Waals surface area contributed by atoms with Crippen LogP contribution in [0.25, 0.3) is 5.69 Å². The standard InChI is InChI=1S/C11H8ClFN4/c1-6-8(5-14)11(15)17(16-6)10-3-2-7(12)4-9(10)13/h2-4H,15H2,1H3. The summed E-state index contributed by atoms with van der Waals surface area (Å²) in [5, 5.41) is 13.2. The molecule has 2 N–H and O–H groups in total. The van der Waals surface area contributed by atoms with Gasteiger partial charge >= 0.3 is 0 Å². The molecular formula is C11H8ClFN4. The van der Waals surface area contributed by atoms with Gasteiger partial charge in [0.2, 0.25) is 0 Å². The van der Waals surface area contributed by atoms with Gasteiger partial charge in [0.1, 0.15) is 29.0 Å². The zero-order chi connectivity index (χ0) is 12.6. The third kappa shape index (κ3) is 1.83. The van der Waals surface area contributed by atoms with Crippen molar-refractivity contribution in [3.05, 3.63) is 40.3 Å². The molecule has 86 valence electrons. The molecule has 0 bridgehead atoms. The van der Waals surface area contributed by atoms with Crippen molar-refractivity contribution in [2.45, 2.75) is 6.92 Å². The number of aryl methyl sites for hydroxylation is 1. The summed E-state index contributed by atoms with van der Waals surface area (Å²) in [4.78, 5) is 0. The van der Waals surface area contributed by atoms with Gasteiger partial charge in [-0.3, -0.25) is 0 Å². The molecule has 2 aromatic rings. The summed E-state index contributed by atoms with van der Waals surface area (Å²) < 4.78 is 14.9. The Bertz CT molecular complexity index is 627. The van der Waals surface area contributed by atoms with E-state index in [1.165, 1.54) is 22.9 Å². The van der Waals surface area contributed by atoms with Gasteiger partial charge in [0, 0.05) is 5.02 Å². The molecular weight excluding hydrogens is 243 g/mol. The molecule has 17 heavy (non-hydrogen) atoms. The maximum absolute atomic E-state index is 13.7. The van der Waals surface area contributed by atoms with Crippen LogP contribution < -0.4 is 5.73 Å². The molecule has 0 aliphatic heterocycles. The molecule has 4 nitrogen and oxygen atoms in total. The molecule has 0 atom stereocenters. The maximum atomic E-state index is 13.7. The zero-order valence-corrected chi connectivity index (χ0v) is 9.66. The Labute approximate surface area is 102 Å². The van der Waals surface area contributed by atoms with Crippen molar-refractivity contribution >= 4 is 17.4 Å². The summed E-state index contributed by atoms with van der Waals surface area (Å²) in [6.45, 7) is 1.64. The molecule has 0 amide bonds. The van der Waals surface area contributed by atoms with Gasteiger partial charge < -0.3 is 5.73 Å². The number of benzene rings is 1. The molecule has 0 aliphatic rings. The van der Waals surface area contributed by atoms with Crippen LogP contribution in [0.2, 0.25) is 5.02 Å². The normalized spacial score (nSPS) is 10.2. The highest BCUT2D eigenvalue weighted by Crippen LogP contribution is 2.23. The Balaban J connectivity index is 2.66. The van der Waals surface area contributed by atoms with Crippen LogP contribution >= 0.6 is 11.6 Å². The fourth-order valence-corrected chi connectivity index (χ4v) is 1.68. The third-order valence-electron chi connectivity index (χ3n) is 2.35. The van der Waals surface area contributed by atoms with Gasteiger partial charge in [-0.25, -0.2) is 9.07 Å². The van der Waals surface area contributed by atoms with E-state index in [1.54, 1.807) is 6.92 Å². The highest BCUT2D eigenvalue weighted by molar-refractivity contribution is 6.30. The maximum Gasteiger partial charge on any atom is 0.150 e. The first-order valence-electron chi connectivity index (χ1n) is 4.75. The fourth-order valence-electron chi connectivity index (χ4n) is 1.52. The van der Waals surface area contributed by atoms with Crippen LogP contribution in [-0.4, -0.2) is 9.78 Å². The van der Waals surface area contributed by atoms with Crippen molar-refractivity contribution in [2.75, 3.05) is 5.73 Å². The second-order valence-electron chi connectivity index (χ2n) is 3.46. The largest absolute Gasteiger partial charge is 0.382 e. The van der Waals surface area contributed by atoms with Crippen LogP contribution in [0.5, 0.6) is 0 Å². The first kappa shape index (κ1) is 11.4. The molecule has 0 saturated heterocycles. The number of nitriles is 1. The number of nitrogen functional groups attached to an aromatic ring is 1. The lowest BCUT2D eigenvalue weighted by molar-refractivity contribution is 0.611. The highest BCUT2D eigenvalue weighted by Gasteiger charge is 2.15. The average molecular weight is 251 g/mol. The number of hydrogen-bond acceptors (Lipinski definition) is 3. The Morgan fingerprint density at radius 1 is 1.53 bits per heavy atom. The van der Waals surface area contributed by atoms with E-state index in [9.17, 15) is 4.39 Å². The van der Waals surface area contributed by atoms with Gasteiger partial charge in [-0.15, -0.1) is 0 Å². The van der Waals surface area contributed by atoms with E-state index in [4.69, 9.17) is 22.6 Å². The first-order valence-corrected chi connectivity index (χ1v) is 5.13. The predicted octanol–water partition coefficient (Wildman–Crippen LogP) is 2.43. The number of aromatic nitrogens is 2. The average Bonchev–Trinajstić information content (AvgIpc) is 2.54. The van der Waals surface area contributed by atoms with Crippen LogP contribution in [0.1, 0.15) is 11.3 Å². The summed E-state index contributed by atoms with van der Waals surface area (Å²) in [6, 6.07) is 6.08. The van der Waals surface area contributed by atoms with Crippen molar-refractivity contribution in [2.24, 2.45) is 0 Å². The van der Waals surface area contributed by atoms with Gasteiger partial charge in [0.15, 0.2) is 0 Å². The number of nitrogens with two attached hydrogens (primary N) is 1. The Kier molecular flexibility index (Phi) is 2.74. The zero-order valence-electron chi connectivity index (χ0n) is 8.91. The van der Waals surface area contributed by atoms with E-state index in [2.05, 4.69) is 5.10 Å². The van der Waals surface area contributed by atoms with Crippen LogP contribution in [-0.2, 0) is 0 Å². The monoisotopic (exact) mass is 250 g/mol. The molecule has 1 heterocycles. The first-order chi connectivity index (χ1) is 8.04. The molecule has 1 aromatic carbocycles. The lowest BCUT2D eigenvalue weighted by Gasteiger charge is -2.05. The SMILES string of the molecule is Cc1nn(-c2ccc(Cl)cc2F)c(N)c1C#N. The molecule has 0 saturated carbocycles. The molecule has 0 radical (unpaired) electrons. The second kappa shape index (κ2) is 4.07. The van der Waals surface area contributed by atoms with Crippen LogP contribution in [0.3, 0.4) is 0 Å². The quantitative estimate of drug-likeness (QED) is 0.845. The topological polar surface area (TPSA) is 67.6 Å². The van der Waals surface area contributed by atoms with Crippen molar-refractivity contribution in [3.63, 3.8) is 0 Å². The Morgan fingerprint density at radius 2 is 2.24 bits per heavy atom. The Morgan fingerprint density at radius 3 is 2.76 bits per heavy atom. The second-order valence-corrected chi connectivity index (χ2v) is 3.90. The van der Waals surface area contributed by atoms with Crippen molar-refractivity contribution < 1.29 is 4.39 Å². The van der Waals surface area contributed by atoms with E-state index in [0.717, 1.165) is 0 Å². The number of halogens is 2. The van der Waals surface area contributed by atoms with Crippen molar-refractivity contribution in [1.82, 2.24) is 9.78 Å². The molecule has 6 heteroatoms. The summed E-state index contributed by atoms with van der Waals surface area (Å²) in [7, 11) is 0. The van der Waals surface area contributed by atoms with Gasteiger partial charge in [-0.1, -0.05) is 11.6 Å².